The Balaban J connectivity index is 0.000000205. The molecule has 9 unspecified atom stereocenters. The predicted octanol–water partition coefficient (Wildman–Crippen LogP) is 23.1. The monoisotopic (exact) mass is 1550 g/mol. The van der Waals surface area contributed by atoms with Crippen LogP contribution in [-0.4, -0.2) is 64.5 Å². The SMILES string of the molecule is CCC(C)(C)C(=O)OC(C)C(F)(F)S(=O)(=O)[O-].CCC(C)(C)C(=O)OC1(CC)CC2CC1C1C3CCC(C3)C21.CCC(C)(C)C(=O)Oc1c(C)c(C)c(O)c(C)c1C.CCC(C)(C)C(=O)Oc1cc(C)oc(=O)c1.CCC(C)c1ccc(OC(C)(C)CC)cc1.c1ccc(-[s+]2c3ccccc3c3ccccc32)cc1. The van der Waals surface area contributed by atoms with E-state index in [1.54, 1.807) is 27.7 Å². The summed E-state index contributed by atoms with van der Waals surface area (Å²) in [6, 6.07) is 39.6. The molecule has 0 saturated heterocycles. The third-order valence-corrected chi connectivity index (χ3v) is 27.5. The van der Waals surface area contributed by atoms with Gasteiger partial charge in [0, 0.05) is 33.2 Å². The zero-order valence-corrected chi connectivity index (χ0v) is 70.9. The van der Waals surface area contributed by atoms with Crippen LogP contribution in [0.5, 0.6) is 23.0 Å². The third-order valence-electron chi connectivity index (χ3n) is 24.2. The van der Waals surface area contributed by atoms with Crippen LogP contribution in [0.2, 0.25) is 0 Å². The van der Waals surface area contributed by atoms with Crippen molar-refractivity contribution in [1.82, 2.24) is 0 Å². The number of aryl methyl sites for hydroxylation is 1. The minimum atomic E-state index is -5.86. The lowest BCUT2D eigenvalue weighted by Gasteiger charge is -2.46. The summed E-state index contributed by atoms with van der Waals surface area (Å²) >= 11 is 0. The number of esters is 4. The maximum Gasteiger partial charge on any atom is 0.369 e. The van der Waals surface area contributed by atoms with E-state index in [1.165, 1.54) is 82.6 Å². The van der Waals surface area contributed by atoms with Crippen molar-refractivity contribution in [3.63, 3.8) is 0 Å². The van der Waals surface area contributed by atoms with Crippen molar-refractivity contribution >= 4 is 64.6 Å². The molecule has 11 rings (SSSR count). The number of hydrogen-bond donors (Lipinski definition) is 1. The molecule has 1 N–H and O–H groups in total. The average Bonchev–Trinajstić information content (AvgIpc) is 1.53. The number of phenolic OH excluding ortho intramolecular Hbond substituents is 1. The Hall–Kier alpha value is -7.48. The van der Waals surface area contributed by atoms with Crippen molar-refractivity contribution in [2.75, 3.05) is 0 Å². The lowest BCUT2D eigenvalue weighted by molar-refractivity contribution is -0.183. The van der Waals surface area contributed by atoms with Crippen LogP contribution >= 0.6 is 10.5 Å². The first-order valence-corrected chi connectivity index (χ1v) is 41.7. The number of phenols is 1. The second-order valence-corrected chi connectivity index (χ2v) is 36.9. The Kier molecular flexibility index (Phi) is 30.5. The molecule has 0 amide bonds. The molecular weight excluding hydrogens is 1420 g/mol. The van der Waals surface area contributed by atoms with E-state index in [2.05, 4.69) is 156 Å². The highest BCUT2D eigenvalue weighted by Gasteiger charge is 2.68. The number of ether oxygens (including phenoxy) is 5. The van der Waals surface area contributed by atoms with Gasteiger partial charge in [-0.25, -0.2) is 13.2 Å². The van der Waals surface area contributed by atoms with Gasteiger partial charge in [0.05, 0.1) is 27.7 Å². The van der Waals surface area contributed by atoms with Crippen molar-refractivity contribution in [3.8, 4) is 27.9 Å². The second kappa shape index (κ2) is 36.8. The molecule has 0 spiro atoms. The molecule has 7 aromatic rings. The number of alkyl halides is 2. The number of carbonyl (C=O) groups is 4. The van der Waals surface area contributed by atoms with E-state index < -0.39 is 49.3 Å². The first-order chi connectivity index (χ1) is 50.7. The molecule has 5 aromatic carbocycles. The highest BCUT2D eigenvalue weighted by atomic mass is 32.2. The van der Waals surface area contributed by atoms with Crippen molar-refractivity contribution in [2.45, 2.75) is 272 Å². The molecule has 0 aliphatic heterocycles. The molecule has 0 radical (unpaired) electrons. The lowest BCUT2D eigenvalue weighted by atomic mass is 9.65. The highest BCUT2D eigenvalue weighted by Crippen LogP contribution is 2.71. The number of rotatable bonds is 21. The molecule has 600 valence electrons. The lowest BCUT2D eigenvalue weighted by Crippen LogP contribution is -2.49. The van der Waals surface area contributed by atoms with E-state index in [0.717, 1.165) is 95.8 Å². The van der Waals surface area contributed by atoms with Gasteiger partial charge < -0.3 is 37.8 Å². The smallest absolute Gasteiger partial charge is 0.369 e. The van der Waals surface area contributed by atoms with E-state index in [-0.39, 0.29) is 56.5 Å². The van der Waals surface area contributed by atoms with Gasteiger partial charge in [0.1, 0.15) is 40.0 Å². The molecule has 15 nitrogen and oxygen atoms in total. The van der Waals surface area contributed by atoms with Gasteiger partial charge in [0.2, 0.25) is 0 Å². The van der Waals surface area contributed by atoms with Crippen molar-refractivity contribution in [1.29, 1.82) is 0 Å². The zero-order valence-electron chi connectivity index (χ0n) is 69.3. The predicted molar refractivity (Wildman–Crippen MR) is 433 cm³/mol. The van der Waals surface area contributed by atoms with Crippen LogP contribution in [-0.2, 0) is 38.8 Å². The third kappa shape index (κ3) is 21.4. The van der Waals surface area contributed by atoms with Gasteiger partial charge in [-0.1, -0.05) is 110 Å². The number of benzene rings is 5. The Morgan fingerprint density at radius 2 is 1.06 bits per heavy atom. The van der Waals surface area contributed by atoms with Gasteiger partial charge in [0.15, 0.2) is 30.5 Å². The summed E-state index contributed by atoms with van der Waals surface area (Å²) in [6.07, 6.45) is 10.4. The van der Waals surface area contributed by atoms with E-state index in [1.807, 2.05) is 69.2 Å². The fourth-order valence-corrected chi connectivity index (χ4v) is 17.3. The summed E-state index contributed by atoms with van der Waals surface area (Å²) in [5.74, 6) is 6.97. The normalized spacial score (nSPS) is 19.8. The Morgan fingerprint density at radius 1 is 0.587 bits per heavy atom. The van der Waals surface area contributed by atoms with Crippen molar-refractivity contribution in [3.05, 3.63) is 159 Å². The molecular formula is C90H124F2O15S2. The topological polar surface area (TPSA) is 222 Å². The van der Waals surface area contributed by atoms with Gasteiger partial charge in [0.25, 0.3) is 0 Å². The fourth-order valence-electron chi connectivity index (χ4n) is 14.5. The molecule has 4 fully saturated rings. The Morgan fingerprint density at radius 3 is 1.52 bits per heavy atom. The van der Waals surface area contributed by atoms with Gasteiger partial charge >= 0.3 is 34.8 Å². The molecule has 4 aliphatic rings. The summed E-state index contributed by atoms with van der Waals surface area (Å²) in [7, 11) is -5.80. The van der Waals surface area contributed by atoms with Crippen LogP contribution in [0.15, 0.2) is 124 Å². The maximum absolute atomic E-state index is 13.0. The highest BCUT2D eigenvalue weighted by molar-refractivity contribution is 7.86. The summed E-state index contributed by atoms with van der Waals surface area (Å²) < 4.78 is 91.9. The molecule has 109 heavy (non-hydrogen) atoms. The van der Waals surface area contributed by atoms with Crippen LogP contribution in [0, 0.1) is 91.8 Å². The second-order valence-electron chi connectivity index (χ2n) is 33.5. The number of hydrogen-bond acceptors (Lipinski definition) is 15. The number of carbonyl (C=O) groups excluding carboxylic acids is 4. The first kappa shape index (κ1) is 90.4. The van der Waals surface area contributed by atoms with Gasteiger partial charge in [-0.15, -0.1) is 0 Å². The molecule has 4 aliphatic carbocycles. The Bertz CT molecular complexity index is 4350. The van der Waals surface area contributed by atoms with Gasteiger partial charge in [-0.2, -0.15) is 8.78 Å². The minimum Gasteiger partial charge on any atom is -0.743 e. The van der Waals surface area contributed by atoms with Crippen molar-refractivity contribution in [2.24, 2.45) is 57.2 Å². The number of fused-ring (bicyclic) bond motifs is 12. The first-order valence-electron chi connectivity index (χ1n) is 39.1. The summed E-state index contributed by atoms with van der Waals surface area (Å²) in [5.41, 5.74) is 1.44. The fraction of sp³-hybridized carbons (Fsp3) is 0.567. The molecule has 2 aromatic heterocycles. The van der Waals surface area contributed by atoms with E-state index >= 15 is 0 Å². The largest absolute Gasteiger partial charge is 0.743 e. The number of aromatic hydroxyl groups is 1. The molecule has 4 saturated carbocycles. The molecule has 2 heterocycles. The quantitative estimate of drug-likeness (QED) is 0.0232. The molecule has 9 atom stereocenters. The minimum absolute atomic E-state index is 0.0455. The number of halogens is 2. The van der Waals surface area contributed by atoms with E-state index in [9.17, 15) is 50.8 Å². The van der Waals surface area contributed by atoms with Crippen LogP contribution in [0.25, 0.3) is 25.1 Å². The van der Waals surface area contributed by atoms with Gasteiger partial charge in [-0.05, 0) is 300 Å². The Labute approximate surface area is 651 Å². The summed E-state index contributed by atoms with van der Waals surface area (Å²) in [6.45, 7) is 44.8. The summed E-state index contributed by atoms with van der Waals surface area (Å²) in [4.78, 5) is 60.5. The summed E-state index contributed by atoms with van der Waals surface area (Å²) in [5, 5.41) is 8.15. The average molecular weight is 1550 g/mol. The molecule has 19 heteroatoms. The van der Waals surface area contributed by atoms with Crippen LogP contribution in [0.3, 0.4) is 0 Å². The molecule has 4 bridgehead atoms. The van der Waals surface area contributed by atoms with E-state index in [4.69, 9.17) is 23.4 Å². The van der Waals surface area contributed by atoms with Crippen molar-refractivity contribution < 1.29 is 74.1 Å². The standard InChI is InChI=1S/C20H32O2.C18H13S.C16H24O3.C15H24O.C12H16O4.C9H16F2O5S/c1-5-19(3,4)18(21)22-20(6-2)11-14-10-15(20)17-13-8-7-12(9-13)16(14)17;1-2-8-14(9-3-1)19-17-12-6-4-10-15(17)16-11-5-7-13-18(16)19;1-8-16(6,7)15(18)19-14-11(4)9(2)13(17)10(3)12(14)5;1-6-12(3)13-8-10-14(11-9-13)16-15(4,5)7-2;1-5-12(3,4)11(14)16-9-6-8(2)15-10(13)7-9;1-5-8(3,4)7(12)16-6(2)9(10,11)17(13,14)15/h12-17H,5-11H2,1-4H3;1-13H;17H,8H2,1-7H3;8-12H,6-7H2,1-5H3;6-7H,5H2,1-4H3;6H,5H2,1-4H3,(H,13,14,15)/q;+1;;;;/p-1. The van der Waals surface area contributed by atoms with Gasteiger partial charge in [-0.3, -0.25) is 19.2 Å². The zero-order chi connectivity index (χ0) is 81.9. The number of thiophene rings is 1. The maximum atomic E-state index is 13.0. The van der Waals surface area contributed by atoms with Crippen LogP contribution < -0.4 is 19.8 Å². The van der Waals surface area contributed by atoms with Crippen LogP contribution in [0.1, 0.15) is 248 Å². The van der Waals surface area contributed by atoms with E-state index in [0.29, 0.717) is 43.1 Å². The van der Waals surface area contributed by atoms with Crippen LogP contribution in [0.4, 0.5) is 8.78 Å².